The number of benzene rings is 1. The van der Waals surface area contributed by atoms with Crippen LogP contribution in [-0.4, -0.2) is 34.1 Å². The van der Waals surface area contributed by atoms with Crippen molar-refractivity contribution in [2.75, 3.05) is 13.1 Å². The predicted molar refractivity (Wildman–Crippen MR) is 92.2 cm³/mol. The van der Waals surface area contributed by atoms with Crippen LogP contribution in [0.2, 0.25) is 0 Å². The van der Waals surface area contributed by atoms with E-state index in [1.165, 1.54) is 0 Å². The van der Waals surface area contributed by atoms with Crippen molar-refractivity contribution in [2.45, 2.75) is 33.1 Å². The van der Waals surface area contributed by atoms with Gasteiger partial charge in [-0.3, -0.25) is 9.89 Å². The lowest BCUT2D eigenvalue weighted by Crippen LogP contribution is -2.32. The Morgan fingerprint density at radius 1 is 1.30 bits per heavy atom. The molecule has 0 spiro atoms. The maximum absolute atomic E-state index is 12.6. The second-order valence-electron chi connectivity index (χ2n) is 5.76. The lowest BCUT2D eigenvalue weighted by atomic mass is 10.1. The number of aromatic amines is 1. The number of carbonyl (C=O) groups excluding carboxylic acids is 1. The Hall–Kier alpha value is -2.54. The molecule has 1 heterocycles. The second-order valence-corrected chi connectivity index (χ2v) is 5.76. The fourth-order valence-corrected chi connectivity index (χ4v) is 2.18. The summed E-state index contributed by atoms with van der Waals surface area (Å²) in [6, 6.07) is 11.6. The Labute approximate surface area is 137 Å². The summed E-state index contributed by atoms with van der Waals surface area (Å²) < 4.78 is 0. The Balaban J connectivity index is 2.08. The number of hydrogen-bond acceptors (Lipinski definition) is 2. The van der Waals surface area contributed by atoms with Gasteiger partial charge in [0.1, 0.15) is 5.69 Å². The molecule has 23 heavy (non-hydrogen) atoms. The largest absolute Gasteiger partial charge is 0.326 e. The van der Waals surface area contributed by atoms with Gasteiger partial charge < -0.3 is 4.90 Å². The molecule has 0 aliphatic rings. The summed E-state index contributed by atoms with van der Waals surface area (Å²) in [5, 5.41) is 7.07. The van der Waals surface area contributed by atoms with E-state index in [0.29, 0.717) is 24.7 Å². The van der Waals surface area contributed by atoms with Crippen molar-refractivity contribution in [1.82, 2.24) is 15.1 Å². The first-order valence-electron chi connectivity index (χ1n) is 8.00. The van der Waals surface area contributed by atoms with E-state index >= 15 is 0 Å². The first-order valence-corrected chi connectivity index (χ1v) is 8.00. The summed E-state index contributed by atoms with van der Waals surface area (Å²) in [5.41, 5.74) is 2.39. The van der Waals surface area contributed by atoms with Crippen molar-refractivity contribution in [1.29, 1.82) is 0 Å². The SMILES string of the molecule is CCCN(CC#Cc1ccccc1)C(=O)c1cc(C(C)C)[nH]n1. The summed E-state index contributed by atoms with van der Waals surface area (Å²) in [6.07, 6.45) is 0.889. The van der Waals surface area contributed by atoms with Crippen LogP contribution in [0.15, 0.2) is 36.4 Å². The number of hydrogen-bond donors (Lipinski definition) is 1. The number of carbonyl (C=O) groups is 1. The van der Waals surface area contributed by atoms with Gasteiger partial charge in [-0.25, -0.2) is 0 Å². The maximum atomic E-state index is 12.6. The lowest BCUT2D eigenvalue weighted by Gasteiger charge is -2.17. The van der Waals surface area contributed by atoms with E-state index in [2.05, 4.69) is 42.8 Å². The molecule has 0 saturated carbocycles. The number of H-pyrrole nitrogens is 1. The van der Waals surface area contributed by atoms with Gasteiger partial charge in [-0.05, 0) is 30.5 Å². The quantitative estimate of drug-likeness (QED) is 0.860. The zero-order chi connectivity index (χ0) is 16.7. The molecule has 0 bridgehead atoms. The molecule has 0 unspecified atom stereocenters. The summed E-state index contributed by atoms with van der Waals surface area (Å²) >= 11 is 0. The van der Waals surface area contributed by atoms with Crippen LogP contribution < -0.4 is 0 Å². The lowest BCUT2D eigenvalue weighted by molar-refractivity contribution is 0.0771. The number of amides is 1. The minimum Gasteiger partial charge on any atom is -0.326 e. The first kappa shape index (κ1) is 16.8. The van der Waals surface area contributed by atoms with E-state index in [9.17, 15) is 4.79 Å². The molecule has 1 amide bonds. The average molecular weight is 309 g/mol. The van der Waals surface area contributed by atoms with Gasteiger partial charge in [-0.15, -0.1) is 0 Å². The smallest absolute Gasteiger partial charge is 0.275 e. The van der Waals surface area contributed by atoms with Crippen LogP contribution in [0.4, 0.5) is 0 Å². The highest BCUT2D eigenvalue weighted by molar-refractivity contribution is 5.92. The van der Waals surface area contributed by atoms with Crippen molar-refractivity contribution in [3.63, 3.8) is 0 Å². The Morgan fingerprint density at radius 3 is 2.65 bits per heavy atom. The van der Waals surface area contributed by atoms with E-state index in [0.717, 1.165) is 17.7 Å². The highest BCUT2D eigenvalue weighted by Crippen LogP contribution is 2.13. The third kappa shape index (κ3) is 4.72. The van der Waals surface area contributed by atoms with Crippen LogP contribution in [0.1, 0.15) is 54.9 Å². The van der Waals surface area contributed by atoms with Gasteiger partial charge in [0.25, 0.3) is 5.91 Å². The normalized spacial score (nSPS) is 10.3. The van der Waals surface area contributed by atoms with Gasteiger partial charge in [-0.2, -0.15) is 5.10 Å². The average Bonchev–Trinajstić information content (AvgIpc) is 3.05. The van der Waals surface area contributed by atoms with Crippen LogP contribution in [0, 0.1) is 11.8 Å². The van der Waals surface area contributed by atoms with Crippen LogP contribution in [-0.2, 0) is 0 Å². The van der Waals surface area contributed by atoms with Gasteiger partial charge in [0.15, 0.2) is 0 Å². The zero-order valence-corrected chi connectivity index (χ0v) is 14.0. The number of nitrogens with one attached hydrogen (secondary N) is 1. The van der Waals surface area contributed by atoms with Crippen LogP contribution in [0.25, 0.3) is 0 Å². The first-order chi connectivity index (χ1) is 11.1. The maximum Gasteiger partial charge on any atom is 0.275 e. The molecule has 1 N–H and O–H groups in total. The molecular formula is C19H23N3O. The minimum absolute atomic E-state index is 0.0719. The third-order valence-corrected chi connectivity index (χ3v) is 3.50. The highest BCUT2D eigenvalue weighted by Gasteiger charge is 2.18. The molecule has 4 heteroatoms. The van der Waals surface area contributed by atoms with E-state index in [4.69, 9.17) is 0 Å². The third-order valence-electron chi connectivity index (χ3n) is 3.50. The Morgan fingerprint density at radius 2 is 2.04 bits per heavy atom. The zero-order valence-electron chi connectivity index (χ0n) is 14.0. The molecule has 0 fully saturated rings. The monoisotopic (exact) mass is 309 g/mol. The molecule has 0 atom stereocenters. The van der Waals surface area contributed by atoms with Crippen molar-refractivity contribution >= 4 is 5.91 Å². The summed E-state index contributed by atoms with van der Waals surface area (Å²) in [4.78, 5) is 14.3. The van der Waals surface area contributed by atoms with Gasteiger partial charge in [0.2, 0.25) is 0 Å². The molecule has 2 aromatic rings. The molecule has 2 rings (SSSR count). The van der Waals surface area contributed by atoms with Crippen molar-refractivity contribution < 1.29 is 4.79 Å². The molecule has 1 aromatic carbocycles. The Kier molecular flexibility index (Phi) is 5.99. The summed E-state index contributed by atoms with van der Waals surface area (Å²) in [7, 11) is 0. The predicted octanol–water partition coefficient (Wildman–Crippen LogP) is 3.44. The summed E-state index contributed by atoms with van der Waals surface area (Å²) in [6.45, 7) is 7.26. The van der Waals surface area contributed by atoms with Gasteiger partial charge in [0.05, 0.1) is 6.54 Å². The fourth-order valence-electron chi connectivity index (χ4n) is 2.18. The molecule has 0 radical (unpaired) electrons. The number of aromatic nitrogens is 2. The highest BCUT2D eigenvalue weighted by atomic mass is 16.2. The number of nitrogens with zero attached hydrogens (tertiary/aromatic N) is 2. The van der Waals surface area contributed by atoms with Gasteiger partial charge >= 0.3 is 0 Å². The van der Waals surface area contributed by atoms with Crippen molar-refractivity contribution in [3.8, 4) is 11.8 Å². The second kappa shape index (κ2) is 8.19. The Bertz CT molecular complexity index is 692. The molecule has 0 aliphatic heterocycles. The van der Waals surface area contributed by atoms with E-state index in [-0.39, 0.29) is 5.91 Å². The van der Waals surface area contributed by atoms with E-state index in [1.807, 2.05) is 36.4 Å². The molecule has 120 valence electrons. The van der Waals surface area contributed by atoms with E-state index in [1.54, 1.807) is 4.90 Å². The fraction of sp³-hybridized carbons (Fsp3) is 0.368. The minimum atomic E-state index is -0.0719. The molecule has 4 nitrogen and oxygen atoms in total. The van der Waals surface area contributed by atoms with E-state index < -0.39 is 0 Å². The molecule has 1 aromatic heterocycles. The molecule has 0 aliphatic carbocycles. The molecule has 0 saturated heterocycles. The molecular weight excluding hydrogens is 286 g/mol. The van der Waals surface area contributed by atoms with Gasteiger partial charge in [0, 0.05) is 17.8 Å². The van der Waals surface area contributed by atoms with Gasteiger partial charge in [-0.1, -0.05) is 50.8 Å². The summed E-state index contributed by atoms with van der Waals surface area (Å²) in [5.74, 6) is 6.42. The van der Waals surface area contributed by atoms with Crippen molar-refractivity contribution in [2.24, 2.45) is 0 Å². The number of rotatable bonds is 5. The topological polar surface area (TPSA) is 49.0 Å². The van der Waals surface area contributed by atoms with Crippen LogP contribution in [0.5, 0.6) is 0 Å². The van der Waals surface area contributed by atoms with Crippen molar-refractivity contribution in [3.05, 3.63) is 53.3 Å². The standard InChI is InChI=1S/C19H23N3O/c1-4-12-22(13-8-11-16-9-6-5-7-10-16)19(23)18-14-17(15(2)3)20-21-18/h5-7,9-10,14-15H,4,12-13H2,1-3H3,(H,20,21). The van der Waals surface area contributed by atoms with Crippen LogP contribution in [0.3, 0.4) is 0 Å². The van der Waals surface area contributed by atoms with Crippen LogP contribution >= 0.6 is 0 Å².